The number of ether oxygens (including phenoxy) is 2. The highest BCUT2D eigenvalue weighted by Gasteiger charge is 2.45. The molecule has 0 saturated carbocycles. The number of esters is 2. The number of phenols is 1. The van der Waals surface area contributed by atoms with Gasteiger partial charge in [-0.05, 0) is 31.4 Å². The molecule has 0 amide bonds. The standard InChI is InChI=1S/C17H24O5/c1-4-10-21-15(19)17(3,16(20)22-11-5-2)12-13-8-6-7-9-14(13)18/h6-9,18H,4-5,10-12H2,1-3H3. The summed E-state index contributed by atoms with van der Waals surface area (Å²) in [5, 5.41) is 9.89. The molecule has 0 bridgehead atoms. The van der Waals surface area contributed by atoms with E-state index in [4.69, 9.17) is 9.47 Å². The van der Waals surface area contributed by atoms with Gasteiger partial charge >= 0.3 is 11.9 Å². The summed E-state index contributed by atoms with van der Waals surface area (Å²) in [6, 6.07) is 6.61. The third-order valence-corrected chi connectivity index (χ3v) is 3.31. The number of aromatic hydroxyl groups is 1. The van der Waals surface area contributed by atoms with Crippen LogP contribution in [-0.4, -0.2) is 30.3 Å². The van der Waals surface area contributed by atoms with Gasteiger partial charge in [0.1, 0.15) is 5.75 Å². The number of rotatable bonds is 8. The Bertz CT molecular complexity index is 490. The van der Waals surface area contributed by atoms with Crippen molar-refractivity contribution in [1.82, 2.24) is 0 Å². The van der Waals surface area contributed by atoms with Crippen LogP contribution in [0.1, 0.15) is 39.2 Å². The smallest absolute Gasteiger partial charge is 0.323 e. The van der Waals surface area contributed by atoms with Gasteiger partial charge in [-0.2, -0.15) is 0 Å². The molecule has 0 fully saturated rings. The predicted octanol–water partition coefficient (Wildman–Crippen LogP) is 2.85. The maximum Gasteiger partial charge on any atom is 0.323 e. The lowest BCUT2D eigenvalue weighted by molar-refractivity contribution is -0.171. The van der Waals surface area contributed by atoms with Crippen LogP contribution in [0.15, 0.2) is 24.3 Å². The molecule has 0 aromatic heterocycles. The molecule has 0 atom stereocenters. The van der Waals surface area contributed by atoms with Gasteiger partial charge in [-0.15, -0.1) is 0 Å². The van der Waals surface area contributed by atoms with Gasteiger partial charge in [-0.25, -0.2) is 0 Å². The number of benzene rings is 1. The molecule has 0 radical (unpaired) electrons. The van der Waals surface area contributed by atoms with E-state index in [-0.39, 0.29) is 25.4 Å². The molecule has 0 heterocycles. The van der Waals surface area contributed by atoms with Crippen LogP contribution in [0.2, 0.25) is 0 Å². The first-order valence-electron chi connectivity index (χ1n) is 7.57. The normalized spacial score (nSPS) is 11.0. The van der Waals surface area contributed by atoms with Crippen LogP contribution in [-0.2, 0) is 25.5 Å². The van der Waals surface area contributed by atoms with Crippen molar-refractivity contribution in [3.63, 3.8) is 0 Å². The van der Waals surface area contributed by atoms with Crippen molar-refractivity contribution < 1.29 is 24.2 Å². The van der Waals surface area contributed by atoms with E-state index in [2.05, 4.69) is 0 Å². The molecule has 0 spiro atoms. The van der Waals surface area contributed by atoms with Gasteiger partial charge in [0, 0.05) is 6.42 Å². The maximum absolute atomic E-state index is 12.3. The quantitative estimate of drug-likeness (QED) is 0.590. The van der Waals surface area contributed by atoms with Crippen molar-refractivity contribution >= 4 is 11.9 Å². The Kier molecular flexibility index (Phi) is 6.89. The topological polar surface area (TPSA) is 72.8 Å². The van der Waals surface area contributed by atoms with Crippen LogP contribution in [0.4, 0.5) is 0 Å². The fourth-order valence-electron chi connectivity index (χ4n) is 1.98. The minimum absolute atomic E-state index is 0.0325. The lowest BCUT2D eigenvalue weighted by Crippen LogP contribution is -2.41. The summed E-state index contributed by atoms with van der Waals surface area (Å²) in [4.78, 5) is 24.7. The molecule has 0 saturated heterocycles. The van der Waals surface area contributed by atoms with Gasteiger partial charge in [0.05, 0.1) is 13.2 Å². The predicted molar refractivity (Wildman–Crippen MR) is 82.4 cm³/mol. The zero-order chi connectivity index (χ0) is 16.6. The van der Waals surface area contributed by atoms with Gasteiger partial charge in [0.15, 0.2) is 5.41 Å². The number of carbonyl (C=O) groups is 2. The Morgan fingerprint density at radius 2 is 1.55 bits per heavy atom. The Morgan fingerprint density at radius 3 is 2.00 bits per heavy atom. The van der Waals surface area contributed by atoms with E-state index in [0.29, 0.717) is 18.4 Å². The fraction of sp³-hybridized carbons (Fsp3) is 0.529. The molecular weight excluding hydrogens is 284 g/mol. The Hall–Kier alpha value is -2.04. The molecule has 1 N–H and O–H groups in total. The summed E-state index contributed by atoms with van der Waals surface area (Å²) < 4.78 is 10.3. The second-order valence-corrected chi connectivity index (χ2v) is 5.41. The highest BCUT2D eigenvalue weighted by Crippen LogP contribution is 2.30. The Morgan fingerprint density at radius 1 is 1.05 bits per heavy atom. The molecule has 1 aromatic rings. The van der Waals surface area contributed by atoms with E-state index in [1.54, 1.807) is 18.2 Å². The summed E-state index contributed by atoms with van der Waals surface area (Å²) in [6.07, 6.45) is 1.37. The molecule has 5 nitrogen and oxygen atoms in total. The van der Waals surface area contributed by atoms with Gasteiger partial charge < -0.3 is 14.6 Å². The number of phenolic OH excluding ortho intramolecular Hbond substituents is 1. The number of para-hydroxylation sites is 1. The molecule has 0 aliphatic rings. The highest BCUT2D eigenvalue weighted by molar-refractivity contribution is 6.00. The third kappa shape index (κ3) is 4.48. The molecule has 1 rings (SSSR count). The number of carbonyl (C=O) groups excluding carboxylic acids is 2. The molecule has 1 aromatic carbocycles. The van der Waals surface area contributed by atoms with Crippen molar-refractivity contribution in [3.8, 4) is 5.75 Å². The van der Waals surface area contributed by atoms with Crippen molar-refractivity contribution in [3.05, 3.63) is 29.8 Å². The highest BCUT2D eigenvalue weighted by atomic mass is 16.6. The molecule has 0 aliphatic carbocycles. The maximum atomic E-state index is 12.3. The van der Waals surface area contributed by atoms with Crippen LogP contribution in [0.3, 0.4) is 0 Å². The van der Waals surface area contributed by atoms with E-state index < -0.39 is 17.4 Å². The Labute approximate surface area is 131 Å². The zero-order valence-electron chi connectivity index (χ0n) is 13.4. The molecule has 5 heteroatoms. The van der Waals surface area contributed by atoms with Crippen molar-refractivity contribution in [2.75, 3.05) is 13.2 Å². The second kappa shape index (κ2) is 8.41. The lowest BCUT2D eigenvalue weighted by Gasteiger charge is -2.25. The number of hydrogen-bond acceptors (Lipinski definition) is 5. The molecule has 22 heavy (non-hydrogen) atoms. The minimum Gasteiger partial charge on any atom is -0.508 e. The van der Waals surface area contributed by atoms with Crippen LogP contribution in [0, 0.1) is 5.41 Å². The molecular formula is C17H24O5. The lowest BCUT2D eigenvalue weighted by atomic mass is 9.83. The molecule has 0 unspecified atom stereocenters. The minimum atomic E-state index is -1.47. The first-order chi connectivity index (χ1) is 10.5. The first kappa shape index (κ1) is 18.0. The average Bonchev–Trinajstić information content (AvgIpc) is 2.52. The van der Waals surface area contributed by atoms with Gasteiger partial charge in [-0.3, -0.25) is 9.59 Å². The van der Waals surface area contributed by atoms with Gasteiger partial charge in [-0.1, -0.05) is 32.0 Å². The molecule has 122 valence electrons. The zero-order valence-corrected chi connectivity index (χ0v) is 13.4. The number of hydrogen-bond donors (Lipinski definition) is 1. The van der Waals surface area contributed by atoms with Crippen LogP contribution in [0.5, 0.6) is 5.75 Å². The van der Waals surface area contributed by atoms with Crippen LogP contribution < -0.4 is 0 Å². The summed E-state index contributed by atoms with van der Waals surface area (Å²) in [7, 11) is 0. The molecule has 0 aliphatic heterocycles. The van der Waals surface area contributed by atoms with E-state index in [0.717, 1.165) is 0 Å². The van der Waals surface area contributed by atoms with Gasteiger partial charge in [0.2, 0.25) is 0 Å². The fourth-order valence-corrected chi connectivity index (χ4v) is 1.98. The van der Waals surface area contributed by atoms with Gasteiger partial charge in [0.25, 0.3) is 0 Å². The monoisotopic (exact) mass is 308 g/mol. The summed E-state index contributed by atoms with van der Waals surface area (Å²) in [5.41, 5.74) is -0.963. The van der Waals surface area contributed by atoms with E-state index in [9.17, 15) is 14.7 Å². The average molecular weight is 308 g/mol. The van der Waals surface area contributed by atoms with Crippen molar-refractivity contribution in [2.24, 2.45) is 5.41 Å². The third-order valence-electron chi connectivity index (χ3n) is 3.31. The summed E-state index contributed by atoms with van der Waals surface area (Å²) >= 11 is 0. The SMILES string of the molecule is CCCOC(=O)C(C)(Cc1ccccc1O)C(=O)OCCC. The first-order valence-corrected chi connectivity index (χ1v) is 7.57. The summed E-state index contributed by atoms with van der Waals surface area (Å²) in [6.45, 7) is 5.74. The van der Waals surface area contributed by atoms with E-state index in [1.165, 1.54) is 13.0 Å². The van der Waals surface area contributed by atoms with Crippen LogP contribution in [0.25, 0.3) is 0 Å². The second-order valence-electron chi connectivity index (χ2n) is 5.41. The largest absolute Gasteiger partial charge is 0.508 e. The Balaban J connectivity index is 3.02. The van der Waals surface area contributed by atoms with Crippen molar-refractivity contribution in [2.45, 2.75) is 40.0 Å². The van der Waals surface area contributed by atoms with Crippen molar-refractivity contribution in [1.29, 1.82) is 0 Å². The summed E-state index contributed by atoms with van der Waals surface area (Å²) in [5.74, 6) is -1.21. The van der Waals surface area contributed by atoms with Crippen LogP contribution >= 0.6 is 0 Å². The van der Waals surface area contributed by atoms with E-state index >= 15 is 0 Å². The van der Waals surface area contributed by atoms with E-state index in [1.807, 2.05) is 13.8 Å².